The molecule has 0 nitrogen and oxygen atoms in total. The first-order valence-corrected chi connectivity index (χ1v) is 6.48. The van der Waals surface area contributed by atoms with Gasteiger partial charge in [0, 0.05) is 0 Å². The minimum absolute atomic E-state index is 0. The van der Waals surface area contributed by atoms with Gasteiger partial charge in [0.25, 0.3) is 0 Å². The molecular formula is C19H15BrLi2. The van der Waals surface area contributed by atoms with Gasteiger partial charge < -0.3 is 17.0 Å². The zero-order chi connectivity index (χ0) is 12.9. The van der Waals surface area contributed by atoms with Crippen LogP contribution in [0.1, 0.15) is 16.7 Å². The van der Waals surface area contributed by atoms with Crippen LogP contribution in [0.4, 0.5) is 0 Å². The largest absolute Gasteiger partial charge is 1.00 e. The van der Waals surface area contributed by atoms with E-state index < -0.39 is 0 Å². The van der Waals surface area contributed by atoms with Gasteiger partial charge in [-0.3, -0.25) is 0 Å². The molecule has 0 saturated heterocycles. The van der Waals surface area contributed by atoms with Crippen molar-refractivity contribution in [1.29, 1.82) is 0 Å². The summed E-state index contributed by atoms with van der Waals surface area (Å²) in [5, 5.41) is 0. The van der Waals surface area contributed by atoms with Gasteiger partial charge in [-0.05, 0) is 0 Å². The van der Waals surface area contributed by atoms with E-state index in [0.29, 0.717) is 0 Å². The van der Waals surface area contributed by atoms with E-state index in [0.717, 1.165) is 0 Å². The molecule has 0 N–H and O–H groups in total. The quantitative estimate of drug-likeness (QED) is 0.258. The Kier molecular flexibility index (Phi) is 10.5. The Morgan fingerprint density at radius 3 is 0.864 bits per heavy atom. The second-order valence-electron chi connectivity index (χ2n) is 4.47. The molecule has 0 radical (unpaired) electrons. The van der Waals surface area contributed by atoms with E-state index in [1.807, 2.05) is 0 Å². The van der Waals surface area contributed by atoms with Gasteiger partial charge in [0.15, 0.2) is 0 Å². The third-order valence-electron chi connectivity index (χ3n) is 3.19. The molecule has 3 aromatic carbocycles. The Bertz CT molecular complexity index is 533. The zero-order valence-electron chi connectivity index (χ0n) is 13.0. The first-order chi connectivity index (χ1) is 9.45. The van der Waals surface area contributed by atoms with E-state index in [9.17, 15) is 0 Å². The minimum Gasteiger partial charge on any atom is -1.00 e. The summed E-state index contributed by atoms with van der Waals surface area (Å²) in [7, 11) is 0. The number of halogens is 1. The van der Waals surface area contributed by atoms with Crippen molar-refractivity contribution in [1.82, 2.24) is 0 Å². The van der Waals surface area contributed by atoms with Crippen LogP contribution in [0.2, 0.25) is 0 Å². The SMILES string of the molecule is [Br-].[Li+].[Li+].c1ccc([C-](c2ccccc2)c2ccccc2)cc1. The summed E-state index contributed by atoms with van der Waals surface area (Å²) in [6, 6.07) is 31.6. The number of hydrogen-bond acceptors (Lipinski definition) is 0. The Morgan fingerprint density at radius 1 is 0.409 bits per heavy atom. The van der Waals surface area contributed by atoms with Gasteiger partial charge in [0.05, 0.1) is 0 Å². The fraction of sp³-hybridized carbons (Fsp3) is 0. The molecule has 0 amide bonds. The molecule has 0 heterocycles. The molecule has 3 rings (SSSR count). The minimum atomic E-state index is 0. The molecule has 0 bridgehead atoms. The van der Waals surface area contributed by atoms with Crippen LogP contribution in [0.25, 0.3) is 0 Å². The molecule has 3 aromatic rings. The summed E-state index contributed by atoms with van der Waals surface area (Å²) in [6.07, 6.45) is 0. The molecule has 0 aliphatic heterocycles. The molecule has 0 saturated carbocycles. The zero-order valence-corrected chi connectivity index (χ0v) is 14.6. The third-order valence-corrected chi connectivity index (χ3v) is 3.19. The summed E-state index contributed by atoms with van der Waals surface area (Å²) in [6.45, 7) is 0. The average molecular weight is 337 g/mol. The molecule has 3 heteroatoms. The topological polar surface area (TPSA) is 0 Å². The van der Waals surface area contributed by atoms with Crippen molar-refractivity contribution >= 4 is 0 Å². The van der Waals surface area contributed by atoms with Crippen LogP contribution < -0.4 is 54.7 Å². The first kappa shape index (κ1) is 21.2. The van der Waals surface area contributed by atoms with E-state index in [2.05, 4.69) is 91.0 Å². The molecule has 0 aliphatic carbocycles. The molecule has 0 atom stereocenters. The van der Waals surface area contributed by atoms with E-state index in [1.54, 1.807) is 0 Å². The van der Waals surface area contributed by atoms with Crippen LogP contribution >= 0.6 is 0 Å². The van der Waals surface area contributed by atoms with Crippen LogP contribution in [-0.2, 0) is 0 Å². The van der Waals surface area contributed by atoms with E-state index in [1.165, 1.54) is 22.6 Å². The smallest absolute Gasteiger partial charge is 1.00 e. The Morgan fingerprint density at radius 2 is 0.636 bits per heavy atom. The average Bonchev–Trinajstić information content (AvgIpc) is 2.51. The molecule has 0 aliphatic rings. The van der Waals surface area contributed by atoms with Crippen molar-refractivity contribution < 1.29 is 54.7 Å². The maximum atomic E-state index is 2.16. The predicted molar refractivity (Wildman–Crippen MR) is 79.9 cm³/mol. The summed E-state index contributed by atoms with van der Waals surface area (Å²) in [5.41, 5.74) is 3.75. The summed E-state index contributed by atoms with van der Waals surface area (Å²) >= 11 is 0. The van der Waals surface area contributed by atoms with Crippen molar-refractivity contribution in [3.63, 3.8) is 0 Å². The number of hydrogen-bond donors (Lipinski definition) is 0. The Balaban J connectivity index is 0.00000147. The summed E-state index contributed by atoms with van der Waals surface area (Å²) in [4.78, 5) is 0. The Hall–Kier alpha value is -0.795. The number of rotatable bonds is 3. The van der Waals surface area contributed by atoms with Crippen LogP contribution in [0, 0.1) is 5.92 Å². The van der Waals surface area contributed by atoms with Crippen molar-refractivity contribution in [3.05, 3.63) is 114 Å². The first-order valence-electron chi connectivity index (χ1n) is 6.48. The fourth-order valence-corrected chi connectivity index (χ4v) is 2.31. The van der Waals surface area contributed by atoms with Gasteiger partial charge >= 0.3 is 37.7 Å². The van der Waals surface area contributed by atoms with Crippen LogP contribution in [0.5, 0.6) is 0 Å². The van der Waals surface area contributed by atoms with Gasteiger partial charge in [-0.2, -0.15) is 0 Å². The second kappa shape index (κ2) is 10.9. The van der Waals surface area contributed by atoms with Gasteiger partial charge in [-0.1, -0.05) is 114 Å². The third kappa shape index (κ3) is 5.14. The van der Waals surface area contributed by atoms with Gasteiger partial charge in [-0.25, -0.2) is 0 Å². The van der Waals surface area contributed by atoms with Crippen molar-refractivity contribution in [2.75, 3.05) is 0 Å². The number of benzene rings is 3. The van der Waals surface area contributed by atoms with Gasteiger partial charge in [0.2, 0.25) is 0 Å². The fourth-order valence-electron chi connectivity index (χ4n) is 2.31. The monoisotopic (exact) mass is 336 g/mol. The molecule has 22 heavy (non-hydrogen) atoms. The molecule has 100 valence electrons. The molecule has 0 aromatic heterocycles. The standard InChI is InChI=1S/C19H15.BrH.2Li/c1-4-10-16(11-5-1)19(17-12-6-2-7-13-17)18-14-8-3-9-15-18;;;/h1-15H;1H;;/q-1;;2*+1/p-1. The normalized spacial score (nSPS) is 8.73. The molecular weight excluding hydrogens is 322 g/mol. The van der Waals surface area contributed by atoms with Crippen LogP contribution in [-0.4, -0.2) is 0 Å². The molecule has 0 unspecified atom stereocenters. The van der Waals surface area contributed by atoms with Gasteiger partial charge in [0.1, 0.15) is 0 Å². The molecule has 0 spiro atoms. The van der Waals surface area contributed by atoms with E-state index >= 15 is 0 Å². The van der Waals surface area contributed by atoms with Crippen molar-refractivity contribution in [2.24, 2.45) is 0 Å². The maximum absolute atomic E-state index is 2.16. The van der Waals surface area contributed by atoms with Crippen LogP contribution in [0.15, 0.2) is 91.0 Å². The second-order valence-corrected chi connectivity index (χ2v) is 4.47. The summed E-state index contributed by atoms with van der Waals surface area (Å²) < 4.78 is 0. The molecule has 0 fully saturated rings. The Labute approximate surface area is 167 Å². The van der Waals surface area contributed by atoms with Gasteiger partial charge in [-0.15, -0.1) is 0 Å². The summed E-state index contributed by atoms with van der Waals surface area (Å²) in [5.74, 6) is 1.28. The van der Waals surface area contributed by atoms with E-state index in [-0.39, 0.29) is 54.7 Å². The maximum Gasteiger partial charge on any atom is 1.00 e. The van der Waals surface area contributed by atoms with E-state index in [4.69, 9.17) is 0 Å². The van der Waals surface area contributed by atoms with Crippen molar-refractivity contribution in [3.8, 4) is 0 Å². The van der Waals surface area contributed by atoms with Crippen LogP contribution in [0.3, 0.4) is 0 Å². The van der Waals surface area contributed by atoms with Crippen molar-refractivity contribution in [2.45, 2.75) is 0 Å². The predicted octanol–water partition coefficient (Wildman–Crippen LogP) is -4.28.